The molecule has 4 heteroatoms. The molecular formula is C14H15BrN2O. The summed E-state index contributed by atoms with van der Waals surface area (Å²) in [5, 5.41) is 3.23. The van der Waals surface area contributed by atoms with Gasteiger partial charge in [-0.1, -0.05) is 28.9 Å². The Hall–Kier alpha value is -1.55. The van der Waals surface area contributed by atoms with Gasteiger partial charge in [0.25, 0.3) is 0 Å². The molecule has 3 nitrogen and oxygen atoms in total. The topological polar surface area (TPSA) is 34.1 Å². The van der Waals surface area contributed by atoms with Crippen LogP contribution in [-0.2, 0) is 0 Å². The highest BCUT2D eigenvalue weighted by atomic mass is 79.9. The second-order valence-corrected chi connectivity index (χ2v) is 4.76. The maximum Gasteiger partial charge on any atom is 0.221 e. The van der Waals surface area contributed by atoms with Gasteiger partial charge in [-0.2, -0.15) is 4.98 Å². The van der Waals surface area contributed by atoms with E-state index in [9.17, 15) is 0 Å². The van der Waals surface area contributed by atoms with Crippen LogP contribution in [0.2, 0.25) is 0 Å². The van der Waals surface area contributed by atoms with Gasteiger partial charge in [-0.3, -0.25) is 0 Å². The third-order valence-corrected chi connectivity index (χ3v) is 2.84. The third-order valence-electron chi connectivity index (χ3n) is 2.32. The Balaban J connectivity index is 2.06. The standard InChI is InChI=1S/C14H15BrN2O/c1-2-10-16-13-4-3-5-14(17-13)18-12-8-6-11(15)7-9-12/h3-9H,2,10H2,1H3,(H,16,17). The molecule has 0 unspecified atom stereocenters. The van der Waals surface area contributed by atoms with Crippen molar-refractivity contribution >= 4 is 21.7 Å². The van der Waals surface area contributed by atoms with Crippen molar-refractivity contribution < 1.29 is 4.74 Å². The number of anilines is 1. The van der Waals surface area contributed by atoms with Gasteiger partial charge in [0.05, 0.1) is 0 Å². The third kappa shape index (κ3) is 3.74. The number of nitrogens with one attached hydrogen (secondary N) is 1. The minimum atomic E-state index is 0.596. The Labute approximate surface area is 115 Å². The van der Waals surface area contributed by atoms with E-state index in [1.165, 1.54) is 0 Å². The first-order chi connectivity index (χ1) is 8.78. The van der Waals surface area contributed by atoms with Gasteiger partial charge in [-0.05, 0) is 36.8 Å². The fourth-order valence-corrected chi connectivity index (χ4v) is 1.71. The van der Waals surface area contributed by atoms with Gasteiger partial charge in [-0.25, -0.2) is 0 Å². The lowest BCUT2D eigenvalue weighted by Crippen LogP contribution is -2.02. The number of ether oxygens (including phenoxy) is 1. The molecule has 2 aromatic rings. The second kappa shape index (κ2) is 6.40. The smallest absolute Gasteiger partial charge is 0.221 e. The Morgan fingerprint density at radius 2 is 1.94 bits per heavy atom. The van der Waals surface area contributed by atoms with Crippen LogP contribution in [0.3, 0.4) is 0 Å². The van der Waals surface area contributed by atoms with E-state index in [1.54, 1.807) is 0 Å². The fraction of sp³-hybridized carbons (Fsp3) is 0.214. The zero-order valence-electron chi connectivity index (χ0n) is 10.2. The number of halogens is 1. The van der Waals surface area contributed by atoms with Crippen LogP contribution < -0.4 is 10.1 Å². The van der Waals surface area contributed by atoms with Gasteiger partial charge in [0.2, 0.25) is 5.88 Å². The predicted octanol–water partition coefficient (Wildman–Crippen LogP) is 4.46. The lowest BCUT2D eigenvalue weighted by molar-refractivity contribution is 0.463. The molecule has 0 fully saturated rings. The molecule has 0 aliphatic carbocycles. The van der Waals surface area contributed by atoms with Gasteiger partial charge in [0, 0.05) is 17.1 Å². The van der Waals surface area contributed by atoms with Crippen molar-refractivity contribution in [3.8, 4) is 11.6 Å². The summed E-state index contributed by atoms with van der Waals surface area (Å²) in [6.45, 7) is 3.03. The van der Waals surface area contributed by atoms with Crippen LogP contribution in [0.5, 0.6) is 11.6 Å². The summed E-state index contributed by atoms with van der Waals surface area (Å²) in [4.78, 5) is 4.38. The lowest BCUT2D eigenvalue weighted by Gasteiger charge is -2.07. The molecule has 0 aliphatic rings. The van der Waals surface area contributed by atoms with Crippen LogP contribution >= 0.6 is 15.9 Å². The molecule has 1 aromatic heterocycles. The second-order valence-electron chi connectivity index (χ2n) is 3.84. The van der Waals surface area contributed by atoms with E-state index in [4.69, 9.17) is 4.74 Å². The number of nitrogens with zero attached hydrogens (tertiary/aromatic N) is 1. The van der Waals surface area contributed by atoms with Gasteiger partial charge < -0.3 is 10.1 Å². The predicted molar refractivity (Wildman–Crippen MR) is 77.2 cm³/mol. The number of hydrogen-bond acceptors (Lipinski definition) is 3. The van der Waals surface area contributed by atoms with Crippen LogP contribution in [-0.4, -0.2) is 11.5 Å². The van der Waals surface area contributed by atoms with Gasteiger partial charge in [-0.15, -0.1) is 0 Å². The van der Waals surface area contributed by atoms with E-state index >= 15 is 0 Å². The van der Waals surface area contributed by atoms with E-state index < -0.39 is 0 Å². The SMILES string of the molecule is CCCNc1cccc(Oc2ccc(Br)cc2)n1. The van der Waals surface area contributed by atoms with Gasteiger partial charge in [0.1, 0.15) is 11.6 Å². The van der Waals surface area contributed by atoms with Crippen LogP contribution in [0.25, 0.3) is 0 Å². The van der Waals surface area contributed by atoms with Crippen molar-refractivity contribution in [3.63, 3.8) is 0 Å². The van der Waals surface area contributed by atoms with E-state index in [1.807, 2.05) is 42.5 Å². The summed E-state index contributed by atoms with van der Waals surface area (Å²) < 4.78 is 6.71. The minimum absolute atomic E-state index is 0.596. The summed E-state index contributed by atoms with van der Waals surface area (Å²) in [6, 6.07) is 13.4. The molecule has 0 atom stereocenters. The maximum atomic E-state index is 5.68. The highest BCUT2D eigenvalue weighted by Crippen LogP contribution is 2.22. The molecule has 0 bridgehead atoms. The molecule has 18 heavy (non-hydrogen) atoms. The first kappa shape index (κ1) is 12.9. The Morgan fingerprint density at radius 1 is 1.17 bits per heavy atom. The molecule has 1 heterocycles. The van der Waals surface area contributed by atoms with E-state index in [2.05, 4.69) is 33.2 Å². The highest BCUT2D eigenvalue weighted by Gasteiger charge is 2.00. The van der Waals surface area contributed by atoms with Crippen LogP contribution in [0.15, 0.2) is 46.9 Å². The molecule has 0 aliphatic heterocycles. The fourth-order valence-electron chi connectivity index (χ4n) is 1.45. The number of pyridine rings is 1. The van der Waals surface area contributed by atoms with Crippen LogP contribution in [0.4, 0.5) is 5.82 Å². The molecular weight excluding hydrogens is 292 g/mol. The molecule has 1 aromatic carbocycles. The molecule has 0 saturated carbocycles. The highest BCUT2D eigenvalue weighted by molar-refractivity contribution is 9.10. The van der Waals surface area contributed by atoms with Crippen molar-refractivity contribution in [2.45, 2.75) is 13.3 Å². The average molecular weight is 307 g/mol. The zero-order chi connectivity index (χ0) is 12.8. The summed E-state index contributed by atoms with van der Waals surface area (Å²) in [5.74, 6) is 2.21. The van der Waals surface area contributed by atoms with Crippen LogP contribution in [0.1, 0.15) is 13.3 Å². The molecule has 2 rings (SSSR count). The minimum Gasteiger partial charge on any atom is -0.439 e. The monoisotopic (exact) mass is 306 g/mol. The Kier molecular flexibility index (Phi) is 4.59. The Bertz CT molecular complexity index is 499. The van der Waals surface area contributed by atoms with Crippen molar-refractivity contribution in [2.24, 2.45) is 0 Å². The first-order valence-electron chi connectivity index (χ1n) is 5.92. The first-order valence-corrected chi connectivity index (χ1v) is 6.71. The molecule has 0 spiro atoms. The van der Waals surface area contributed by atoms with Crippen molar-refractivity contribution in [1.29, 1.82) is 0 Å². The molecule has 0 saturated heterocycles. The average Bonchev–Trinajstić information content (AvgIpc) is 2.40. The van der Waals surface area contributed by atoms with Crippen molar-refractivity contribution in [3.05, 3.63) is 46.9 Å². The maximum absolute atomic E-state index is 5.68. The lowest BCUT2D eigenvalue weighted by atomic mass is 10.3. The Morgan fingerprint density at radius 3 is 2.67 bits per heavy atom. The molecule has 94 valence electrons. The van der Waals surface area contributed by atoms with E-state index in [-0.39, 0.29) is 0 Å². The number of aromatic nitrogens is 1. The molecule has 1 N–H and O–H groups in total. The van der Waals surface area contributed by atoms with E-state index in [0.717, 1.165) is 29.0 Å². The zero-order valence-corrected chi connectivity index (χ0v) is 11.8. The van der Waals surface area contributed by atoms with Crippen molar-refractivity contribution in [1.82, 2.24) is 4.98 Å². The summed E-state index contributed by atoms with van der Waals surface area (Å²) >= 11 is 3.39. The molecule has 0 amide bonds. The molecule has 0 radical (unpaired) electrons. The number of rotatable bonds is 5. The van der Waals surface area contributed by atoms with E-state index in [0.29, 0.717) is 5.88 Å². The number of hydrogen-bond donors (Lipinski definition) is 1. The number of benzene rings is 1. The van der Waals surface area contributed by atoms with Gasteiger partial charge >= 0.3 is 0 Å². The van der Waals surface area contributed by atoms with Crippen molar-refractivity contribution in [2.75, 3.05) is 11.9 Å². The van der Waals surface area contributed by atoms with Gasteiger partial charge in [0.15, 0.2) is 0 Å². The largest absolute Gasteiger partial charge is 0.439 e. The quantitative estimate of drug-likeness (QED) is 0.885. The summed E-state index contributed by atoms with van der Waals surface area (Å²) in [6.07, 6.45) is 1.07. The summed E-state index contributed by atoms with van der Waals surface area (Å²) in [5.41, 5.74) is 0. The normalized spacial score (nSPS) is 10.1. The summed E-state index contributed by atoms with van der Waals surface area (Å²) in [7, 11) is 0. The van der Waals surface area contributed by atoms with Crippen LogP contribution in [0, 0.1) is 0 Å².